The molecular formula is C14H16O. The van der Waals surface area contributed by atoms with Gasteiger partial charge in [-0.15, -0.1) is 0 Å². The quantitative estimate of drug-likeness (QED) is 0.583. The molecule has 0 saturated carbocycles. The van der Waals surface area contributed by atoms with Crippen molar-refractivity contribution in [1.29, 1.82) is 0 Å². The molecule has 0 N–H and O–H groups in total. The molecule has 1 heteroatoms. The highest BCUT2D eigenvalue weighted by atomic mass is 16.5. The van der Waals surface area contributed by atoms with Crippen molar-refractivity contribution in [2.45, 2.75) is 38.2 Å². The standard InChI is InChI=1S/C14H16O/c1-10-6-7-12-11(9-10)14(2)8-4-3-5-13(14)15-12/h3-4,6-7,9,13H,5,8H2,1-2H3. The molecule has 1 heterocycles. The van der Waals surface area contributed by atoms with Gasteiger partial charge in [0.05, 0.1) is 0 Å². The second-order valence-corrected chi connectivity index (χ2v) is 4.93. The maximum Gasteiger partial charge on any atom is 0.123 e. The third-order valence-corrected chi connectivity index (χ3v) is 3.79. The molecule has 1 nitrogen and oxygen atoms in total. The molecule has 1 aromatic rings. The second-order valence-electron chi connectivity index (χ2n) is 4.93. The van der Waals surface area contributed by atoms with Crippen molar-refractivity contribution >= 4 is 0 Å². The molecule has 0 aromatic heterocycles. The van der Waals surface area contributed by atoms with Crippen LogP contribution in [-0.4, -0.2) is 6.10 Å². The summed E-state index contributed by atoms with van der Waals surface area (Å²) in [4.78, 5) is 0. The van der Waals surface area contributed by atoms with E-state index in [1.807, 2.05) is 0 Å². The monoisotopic (exact) mass is 200 g/mol. The minimum Gasteiger partial charge on any atom is -0.489 e. The lowest BCUT2D eigenvalue weighted by atomic mass is 9.72. The summed E-state index contributed by atoms with van der Waals surface area (Å²) in [6, 6.07) is 6.54. The average molecular weight is 200 g/mol. The first-order valence-electron chi connectivity index (χ1n) is 5.63. The van der Waals surface area contributed by atoms with E-state index in [0.717, 1.165) is 18.6 Å². The first-order chi connectivity index (χ1) is 7.20. The van der Waals surface area contributed by atoms with Crippen molar-refractivity contribution in [1.82, 2.24) is 0 Å². The Morgan fingerprint density at radius 1 is 1.33 bits per heavy atom. The number of benzene rings is 1. The van der Waals surface area contributed by atoms with Crippen molar-refractivity contribution in [3.05, 3.63) is 41.5 Å². The molecule has 1 aliphatic carbocycles. The number of hydrogen-bond acceptors (Lipinski definition) is 1. The van der Waals surface area contributed by atoms with Crippen LogP contribution in [0.2, 0.25) is 0 Å². The molecule has 3 rings (SSSR count). The number of allylic oxidation sites excluding steroid dienone is 1. The number of rotatable bonds is 0. The molecule has 0 saturated heterocycles. The smallest absolute Gasteiger partial charge is 0.123 e. The lowest BCUT2D eigenvalue weighted by molar-refractivity contribution is 0.153. The number of aryl methyl sites for hydroxylation is 1. The van der Waals surface area contributed by atoms with E-state index in [4.69, 9.17) is 4.74 Å². The van der Waals surface area contributed by atoms with Crippen LogP contribution in [0.5, 0.6) is 5.75 Å². The van der Waals surface area contributed by atoms with Crippen molar-refractivity contribution in [3.63, 3.8) is 0 Å². The summed E-state index contributed by atoms with van der Waals surface area (Å²) in [6.45, 7) is 4.47. The van der Waals surface area contributed by atoms with Gasteiger partial charge in [0.15, 0.2) is 0 Å². The molecular weight excluding hydrogens is 184 g/mol. The highest BCUT2D eigenvalue weighted by Gasteiger charge is 2.44. The van der Waals surface area contributed by atoms with E-state index < -0.39 is 0 Å². The lowest BCUT2D eigenvalue weighted by Gasteiger charge is -2.31. The fourth-order valence-corrected chi connectivity index (χ4v) is 2.75. The predicted molar refractivity (Wildman–Crippen MR) is 61.3 cm³/mol. The summed E-state index contributed by atoms with van der Waals surface area (Å²) in [5.74, 6) is 1.09. The van der Waals surface area contributed by atoms with Gasteiger partial charge in [-0.1, -0.05) is 36.8 Å². The summed E-state index contributed by atoms with van der Waals surface area (Å²) < 4.78 is 6.02. The van der Waals surface area contributed by atoms with Crippen LogP contribution in [0.1, 0.15) is 30.9 Å². The van der Waals surface area contributed by atoms with E-state index in [1.54, 1.807) is 0 Å². The highest BCUT2D eigenvalue weighted by Crippen LogP contribution is 2.48. The van der Waals surface area contributed by atoms with E-state index in [0.29, 0.717) is 6.10 Å². The molecule has 0 amide bonds. The van der Waals surface area contributed by atoms with Gasteiger partial charge in [-0.2, -0.15) is 0 Å². The van der Waals surface area contributed by atoms with Crippen LogP contribution in [-0.2, 0) is 5.41 Å². The minimum atomic E-state index is 0.204. The Kier molecular flexibility index (Phi) is 1.73. The van der Waals surface area contributed by atoms with Gasteiger partial charge in [0.1, 0.15) is 11.9 Å². The van der Waals surface area contributed by atoms with Crippen molar-refractivity contribution in [2.24, 2.45) is 0 Å². The summed E-state index contributed by atoms with van der Waals surface area (Å²) in [5.41, 5.74) is 2.93. The fraction of sp³-hybridized carbons (Fsp3) is 0.429. The highest BCUT2D eigenvalue weighted by molar-refractivity contribution is 5.48. The predicted octanol–water partition coefficient (Wildman–Crippen LogP) is 3.36. The SMILES string of the molecule is Cc1ccc2c(c1)C1(C)CC=CCC1O2. The zero-order valence-electron chi connectivity index (χ0n) is 9.29. The second kappa shape index (κ2) is 2.88. The lowest BCUT2D eigenvalue weighted by Crippen LogP contribution is -2.36. The Hall–Kier alpha value is -1.24. The Balaban J connectivity index is 2.15. The Labute approximate surface area is 90.8 Å². The average Bonchev–Trinajstić information content (AvgIpc) is 2.51. The van der Waals surface area contributed by atoms with Crippen molar-refractivity contribution in [3.8, 4) is 5.75 Å². The van der Waals surface area contributed by atoms with Crippen molar-refractivity contribution < 1.29 is 4.74 Å². The number of hydrogen-bond donors (Lipinski definition) is 0. The molecule has 2 aliphatic rings. The van der Waals surface area contributed by atoms with Crippen LogP contribution in [0.3, 0.4) is 0 Å². The Morgan fingerprint density at radius 2 is 2.20 bits per heavy atom. The summed E-state index contributed by atoms with van der Waals surface area (Å²) in [5, 5.41) is 0. The maximum absolute atomic E-state index is 6.02. The van der Waals surface area contributed by atoms with Gasteiger partial charge in [0.2, 0.25) is 0 Å². The summed E-state index contributed by atoms with van der Waals surface area (Å²) in [6.07, 6.45) is 7.03. The largest absolute Gasteiger partial charge is 0.489 e. The molecule has 15 heavy (non-hydrogen) atoms. The first-order valence-corrected chi connectivity index (χ1v) is 5.63. The third-order valence-electron chi connectivity index (χ3n) is 3.79. The maximum atomic E-state index is 6.02. The normalized spacial score (nSPS) is 32.0. The van der Waals surface area contributed by atoms with Gasteiger partial charge >= 0.3 is 0 Å². The molecule has 2 unspecified atom stereocenters. The topological polar surface area (TPSA) is 9.23 Å². The zero-order valence-corrected chi connectivity index (χ0v) is 9.29. The van der Waals surface area contributed by atoms with Crippen LogP contribution >= 0.6 is 0 Å². The van der Waals surface area contributed by atoms with Gasteiger partial charge in [-0.25, -0.2) is 0 Å². The van der Waals surface area contributed by atoms with Crippen molar-refractivity contribution in [2.75, 3.05) is 0 Å². The van der Waals surface area contributed by atoms with E-state index in [-0.39, 0.29) is 5.41 Å². The Morgan fingerprint density at radius 3 is 3.07 bits per heavy atom. The summed E-state index contributed by atoms with van der Waals surface area (Å²) in [7, 11) is 0. The van der Waals surface area contributed by atoms with Gasteiger partial charge in [-0.05, 0) is 19.4 Å². The number of ether oxygens (including phenoxy) is 1. The zero-order chi connectivity index (χ0) is 10.5. The molecule has 1 aromatic carbocycles. The van der Waals surface area contributed by atoms with Crippen LogP contribution < -0.4 is 4.74 Å². The Bertz CT molecular complexity index is 433. The van der Waals surface area contributed by atoms with Crippen LogP contribution in [0, 0.1) is 6.92 Å². The molecule has 2 atom stereocenters. The summed E-state index contributed by atoms with van der Waals surface area (Å²) >= 11 is 0. The molecule has 0 spiro atoms. The molecule has 78 valence electrons. The van der Waals surface area contributed by atoms with Gasteiger partial charge in [0.25, 0.3) is 0 Å². The van der Waals surface area contributed by atoms with Gasteiger partial charge in [-0.3, -0.25) is 0 Å². The van der Waals surface area contributed by atoms with E-state index >= 15 is 0 Å². The number of fused-ring (bicyclic) bond motifs is 3. The molecule has 1 aliphatic heterocycles. The minimum absolute atomic E-state index is 0.204. The van der Waals surface area contributed by atoms with Crippen LogP contribution in [0.4, 0.5) is 0 Å². The molecule has 0 fully saturated rings. The van der Waals surface area contributed by atoms with Crippen LogP contribution in [0.15, 0.2) is 30.4 Å². The first kappa shape index (κ1) is 9.02. The van der Waals surface area contributed by atoms with E-state index in [2.05, 4.69) is 44.2 Å². The molecule has 0 bridgehead atoms. The van der Waals surface area contributed by atoms with E-state index in [1.165, 1.54) is 11.1 Å². The molecule has 0 radical (unpaired) electrons. The fourth-order valence-electron chi connectivity index (χ4n) is 2.75. The van der Waals surface area contributed by atoms with E-state index in [9.17, 15) is 0 Å². The van der Waals surface area contributed by atoms with Gasteiger partial charge in [0, 0.05) is 17.4 Å². The van der Waals surface area contributed by atoms with Gasteiger partial charge < -0.3 is 4.74 Å². The van der Waals surface area contributed by atoms with Crippen LogP contribution in [0.25, 0.3) is 0 Å². The third kappa shape index (κ3) is 1.16.